The van der Waals surface area contributed by atoms with Crippen LogP contribution in [0, 0.1) is 0 Å². The van der Waals surface area contributed by atoms with Gasteiger partial charge in [-0.1, -0.05) is 0 Å². The van der Waals surface area contributed by atoms with Crippen LogP contribution in [-0.4, -0.2) is 15.9 Å². The number of carbonyl (C=O) groups excluding carboxylic acids is 1. The van der Waals surface area contributed by atoms with Crippen LogP contribution in [0.4, 0.5) is 0 Å². The van der Waals surface area contributed by atoms with Crippen molar-refractivity contribution in [2.24, 2.45) is 3.60 Å². The third-order valence-corrected chi connectivity index (χ3v) is 1.76. The Balaban J connectivity index is 3.57. The van der Waals surface area contributed by atoms with Crippen LogP contribution < -0.4 is 0 Å². The van der Waals surface area contributed by atoms with Gasteiger partial charge in [-0.3, -0.25) is 0 Å². The normalized spacial score (nSPS) is 6.86. The van der Waals surface area contributed by atoms with E-state index < -0.39 is 0 Å². The maximum absolute atomic E-state index is 9.79. The first-order valence-corrected chi connectivity index (χ1v) is 4.38. The van der Waals surface area contributed by atoms with E-state index in [0.29, 0.717) is 6.41 Å². The Bertz CT molecular complexity index is 74.7. The molecule has 1 amide bonds. The Morgan fingerprint density at radius 2 is 2.29 bits per heavy atom. The molecule has 0 fully saturated rings. The van der Waals surface area contributed by atoms with Gasteiger partial charge in [0.1, 0.15) is 0 Å². The molecule has 0 aromatic rings. The van der Waals surface area contributed by atoms with Crippen LogP contribution in [0.3, 0.4) is 0 Å². The van der Waals surface area contributed by atoms with Crippen molar-refractivity contribution in [3.8, 4) is 0 Å². The van der Waals surface area contributed by atoms with E-state index in [4.69, 9.17) is 0 Å². The fourth-order valence-electron chi connectivity index (χ4n) is 0.0633. The number of carbonyl (C=O) groups is 1. The fraction of sp³-hybridized carbons (Fsp3) is 0. The molecule has 0 atom stereocenters. The zero-order valence-corrected chi connectivity index (χ0v) is 9.14. The predicted octanol–water partition coefficient (Wildman–Crippen LogP) is -0.603. The first-order chi connectivity index (χ1) is 3.35. The van der Waals surface area contributed by atoms with E-state index >= 15 is 0 Å². The van der Waals surface area contributed by atoms with Gasteiger partial charge in [0.15, 0.2) is 0 Å². The van der Waals surface area contributed by atoms with E-state index in [1.807, 2.05) is 0 Å². The fourth-order valence-corrected chi connectivity index (χ4v) is 1.65. The Kier molecular flexibility index (Phi) is 5.01. The molecule has 0 rings (SSSR count). The molecule has 0 heterocycles. The summed E-state index contributed by atoms with van der Waals surface area (Å²) < 4.78 is 5.32. The van der Waals surface area contributed by atoms with Crippen LogP contribution in [0.5, 0.6) is 0 Å². The van der Waals surface area contributed by atoms with Crippen LogP contribution in [0.2, 0.25) is 0 Å². The molecule has 0 aliphatic carbocycles. The van der Waals surface area contributed by atoms with E-state index in [0.717, 1.165) is 19.6 Å². The molecule has 0 saturated heterocycles. The molecule has 0 aromatic heterocycles. The Hall–Kier alpha value is 0.517. The van der Waals surface area contributed by atoms with Crippen molar-refractivity contribution >= 4 is 10.9 Å². The van der Waals surface area contributed by atoms with Gasteiger partial charge in [0.2, 0.25) is 0 Å². The van der Waals surface area contributed by atoms with Crippen LogP contribution in [0.25, 0.3) is 0 Å². The molecule has 0 saturated carbocycles. The first kappa shape index (κ1) is 7.52. The van der Waals surface area contributed by atoms with Gasteiger partial charge in [-0.25, -0.2) is 0 Å². The standard InChI is InChI=1S/C2H2N2O.2W/c1-4(3)2-5;;/h1-2H;;. The van der Waals surface area contributed by atoms with Crippen LogP contribution in [-0.2, 0) is 43.8 Å². The summed E-state index contributed by atoms with van der Waals surface area (Å²) in [6.07, 6.45) is 0.681. The van der Waals surface area contributed by atoms with Gasteiger partial charge in [0, 0.05) is 0 Å². The topological polar surface area (TPSA) is 32.7 Å². The molecule has 0 aromatic carbocycles. The molecule has 3 nitrogen and oxygen atoms in total. The number of hydrogen-bond acceptors (Lipinski definition) is 2. The van der Waals surface area contributed by atoms with Crippen LogP contribution in [0.15, 0.2) is 3.60 Å². The molecule has 0 bridgehead atoms. The summed E-state index contributed by atoms with van der Waals surface area (Å²) in [7, 11) is 0. The zero-order valence-electron chi connectivity index (χ0n) is 3.27. The summed E-state index contributed by atoms with van der Waals surface area (Å²) in [4.78, 5) is 9.79. The van der Waals surface area contributed by atoms with Crippen molar-refractivity contribution in [3.05, 3.63) is 0 Å². The molecular formula is C2H2N2OW2. The molecule has 38 valence electrons. The van der Waals surface area contributed by atoms with Crippen molar-refractivity contribution in [1.82, 2.24) is 5.01 Å². The molecule has 0 N–H and O–H groups in total. The molecular weight excluding hydrogens is 436 g/mol. The number of hydrogen-bond donors (Lipinski definition) is 0. The van der Waals surface area contributed by atoms with Crippen LogP contribution >= 0.6 is 0 Å². The summed E-state index contributed by atoms with van der Waals surface area (Å²) >= 11 is 2.27. The molecule has 0 aliphatic heterocycles. The van der Waals surface area contributed by atoms with Gasteiger partial charge in [0.05, 0.1) is 0 Å². The maximum atomic E-state index is 9.79. The van der Waals surface area contributed by atoms with E-state index in [2.05, 4.69) is 3.60 Å². The summed E-state index contributed by atoms with van der Waals surface area (Å²) in [5.74, 6) is 0. The Morgan fingerprint density at radius 3 is 2.29 bits per heavy atom. The van der Waals surface area contributed by atoms with Gasteiger partial charge in [-0.15, -0.1) is 0 Å². The van der Waals surface area contributed by atoms with Gasteiger partial charge in [-0.05, 0) is 0 Å². The van der Waals surface area contributed by atoms with Crippen molar-refractivity contribution in [1.29, 1.82) is 0 Å². The number of rotatable bonds is 3. The summed E-state index contributed by atoms with van der Waals surface area (Å²) in [5.41, 5.74) is 0. The van der Waals surface area contributed by atoms with Crippen molar-refractivity contribution in [3.63, 3.8) is 0 Å². The van der Waals surface area contributed by atoms with E-state index in [1.54, 1.807) is 4.52 Å². The second kappa shape index (κ2) is 4.67. The number of amides is 1. The average molecular weight is 438 g/mol. The Morgan fingerprint density at radius 1 is 1.71 bits per heavy atom. The molecule has 0 spiro atoms. The minimum absolute atomic E-state index is 0.681. The minimum atomic E-state index is 0.681. The summed E-state index contributed by atoms with van der Waals surface area (Å²) in [6.45, 7) is 0. The van der Waals surface area contributed by atoms with Gasteiger partial charge in [0.25, 0.3) is 0 Å². The molecule has 0 aliphatic rings. The molecule has 5 heteroatoms. The second-order valence-corrected chi connectivity index (χ2v) is 2.02. The van der Waals surface area contributed by atoms with Crippen molar-refractivity contribution in [2.45, 2.75) is 0 Å². The monoisotopic (exact) mass is 438 g/mol. The van der Waals surface area contributed by atoms with E-state index in [-0.39, 0.29) is 0 Å². The third kappa shape index (κ3) is 3.13. The SMILES string of the molecule is O=CN([CH]=[W])[N]=[W]. The Labute approximate surface area is 63.2 Å². The molecule has 0 radical (unpaired) electrons. The average Bonchev–Trinajstić information content (AvgIpc) is 1.72. The number of nitrogens with zero attached hydrogens (tertiary/aromatic N) is 2. The van der Waals surface area contributed by atoms with E-state index in [9.17, 15) is 4.79 Å². The van der Waals surface area contributed by atoms with Crippen molar-refractivity contribution in [2.75, 3.05) is 0 Å². The summed E-state index contributed by atoms with van der Waals surface area (Å²) in [6, 6.07) is 0. The molecule has 7 heavy (non-hydrogen) atoms. The van der Waals surface area contributed by atoms with Gasteiger partial charge in [-0.2, -0.15) is 0 Å². The summed E-state index contributed by atoms with van der Waals surface area (Å²) in [5, 5.41) is 1.27. The first-order valence-electron chi connectivity index (χ1n) is 1.37. The van der Waals surface area contributed by atoms with Crippen LogP contribution in [0.1, 0.15) is 0 Å². The van der Waals surface area contributed by atoms with Crippen molar-refractivity contribution < 1.29 is 43.8 Å². The molecule has 0 unspecified atom stereocenters. The third-order valence-electron chi connectivity index (χ3n) is 0.310. The van der Waals surface area contributed by atoms with E-state index in [1.165, 1.54) is 24.4 Å². The predicted molar refractivity (Wildman–Crippen MR) is 16.4 cm³/mol. The zero-order chi connectivity index (χ0) is 5.70. The quantitative estimate of drug-likeness (QED) is 0.429. The van der Waals surface area contributed by atoms with Gasteiger partial charge < -0.3 is 0 Å². The van der Waals surface area contributed by atoms with Gasteiger partial charge >= 0.3 is 63.3 Å². The second-order valence-electron chi connectivity index (χ2n) is 0.672.